The molecule has 5 heteroatoms. The lowest BCUT2D eigenvalue weighted by molar-refractivity contribution is 0.401. The topological polar surface area (TPSA) is 51.5 Å². The van der Waals surface area contributed by atoms with Crippen LogP contribution in [0.5, 0.6) is 0 Å². The zero-order valence-electron chi connectivity index (χ0n) is 6.25. The first kappa shape index (κ1) is 7.42. The van der Waals surface area contributed by atoms with E-state index in [-0.39, 0.29) is 5.94 Å². The zero-order chi connectivity index (χ0) is 8.44. The number of hydrogen-bond donors (Lipinski definition) is 1. The number of rotatable bonds is 1. The van der Waals surface area contributed by atoms with Crippen molar-refractivity contribution in [2.75, 3.05) is 5.94 Å². The normalized spacial score (nSPS) is 21.7. The van der Waals surface area contributed by atoms with Gasteiger partial charge in [-0.2, -0.15) is 4.40 Å². The average molecular weight is 184 g/mol. The van der Waals surface area contributed by atoms with Crippen LogP contribution in [0.3, 0.4) is 0 Å². The largest absolute Gasteiger partial charge is 0.469 e. The van der Waals surface area contributed by atoms with E-state index in [9.17, 15) is 4.21 Å². The van der Waals surface area contributed by atoms with E-state index in [2.05, 4.69) is 9.38 Å². The Morgan fingerprint density at radius 1 is 1.50 bits per heavy atom. The first-order valence-electron chi connectivity index (χ1n) is 3.48. The monoisotopic (exact) mass is 184 g/mol. The van der Waals surface area contributed by atoms with Gasteiger partial charge in [0.2, 0.25) is 0 Å². The van der Waals surface area contributed by atoms with E-state index >= 15 is 0 Å². The van der Waals surface area contributed by atoms with Crippen molar-refractivity contribution in [1.29, 1.82) is 0 Å². The number of pyridine rings is 1. The summed E-state index contributed by atoms with van der Waals surface area (Å²) in [4.78, 5) is 3.98. The van der Waals surface area contributed by atoms with Crippen molar-refractivity contribution < 1.29 is 8.95 Å². The van der Waals surface area contributed by atoms with Gasteiger partial charge < -0.3 is 4.74 Å². The molecule has 0 spiro atoms. The second kappa shape index (κ2) is 2.67. The highest BCUT2D eigenvalue weighted by Crippen LogP contribution is 2.20. The maximum atomic E-state index is 11.8. The van der Waals surface area contributed by atoms with E-state index in [1.165, 1.54) is 6.40 Å². The molecule has 12 heavy (non-hydrogen) atoms. The summed E-state index contributed by atoms with van der Waals surface area (Å²) in [5.41, 5.74) is 0. The van der Waals surface area contributed by atoms with Crippen molar-refractivity contribution in [3.05, 3.63) is 24.4 Å². The molecule has 1 aliphatic rings. The number of ether oxygens (including phenoxy) is 1. The Hall–Kier alpha value is -1.23. The number of thiol groups is 1. The van der Waals surface area contributed by atoms with Crippen molar-refractivity contribution in [3.8, 4) is 0 Å². The fraction of sp³-hybridized carbons (Fsp3) is 0.143. The zero-order valence-corrected chi connectivity index (χ0v) is 7.15. The van der Waals surface area contributed by atoms with Gasteiger partial charge in [-0.1, -0.05) is 6.07 Å². The average Bonchev–Trinajstić information content (AvgIpc) is 2.55. The third-order valence-corrected chi connectivity index (χ3v) is 3.51. The van der Waals surface area contributed by atoms with Gasteiger partial charge >= 0.3 is 0 Å². The first-order valence-corrected chi connectivity index (χ1v) is 5.32. The minimum atomic E-state index is -2.69. The predicted molar refractivity (Wildman–Crippen MR) is 46.5 cm³/mol. The summed E-state index contributed by atoms with van der Waals surface area (Å²) in [5, 5.41) is 0.513. The molecule has 1 aromatic heterocycles. The van der Waals surface area contributed by atoms with Gasteiger partial charge in [-0.25, -0.2) is 4.98 Å². The van der Waals surface area contributed by atoms with Crippen LogP contribution in [0.2, 0.25) is 0 Å². The second-order valence-corrected chi connectivity index (χ2v) is 4.76. The summed E-state index contributed by atoms with van der Waals surface area (Å²) in [6.45, 7) is 0. The van der Waals surface area contributed by atoms with Crippen LogP contribution in [0.1, 0.15) is 0 Å². The third kappa shape index (κ3) is 1.12. The Morgan fingerprint density at radius 3 is 3.00 bits per heavy atom. The minimum absolute atomic E-state index is 0.143. The lowest BCUT2D eigenvalue weighted by Crippen LogP contribution is -2.11. The van der Waals surface area contributed by atoms with Crippen LogP contribution in [0, 0.1) is 0 Å². The number of aromatic nitrogens is 1. The molecule has 0 aromatic carbocycles. The van der Waals surface area contributed by atoms with Gasteiger partial charge in [0.25, 0.3) is 0 Å². The van der Waals surface area contributed by atoms with Gasteiger partial charge in [0.1, 0.15) is 5.03 Å². The maximum absolute atomic E-state index is 11.8. The fourth-order valence-corrected chi connectivity index (χ4v) is 2.33. The summed E-state index contributed by atoms with van der Waals surface area (Å²) in [6.07, 6.45) is 2.83. The van der Waals surface area contributed by atoms with Crippen molar-refractivity contribution in [3.63, 3.8) is 0 Å². The molecule has 0 saturated heterocycles. The summed E-state index contributed by atoms with van der Waals surface area (Å²) in [6, 6.07) is 5.26. The van der Waals surface area contributed by atoms with Crippen molar-refractivity contribution in [1.82, 2.24) is 4.98 Å². The van der Waals surface area contributed by atoms with Crippen LogP contribution in [0.4, 0.5) is 0 Å². The highest BCUT2D eigenvalue weighted by atomic mass is 32.3. The highest BCUT2D eigenvalue weighted by Gasteiger charge is 2.21. The lowest BCUT2D eigenvalue weighted by Gasteiger charge is -2.10. The van der Waals surface area contributed by atoms with Crippen molar-refractivity contribution in [2.24, 2.45) is 4.40 Å². The predicted octanol–water partition coefficient (Wildman–Crippen LogP) is 0.388. The molecule has 0 aliphatic carbocycles. The molecule has 64 valence electrons. The fourth-order valence-electron chi connectivity index (χ4n) is 0.963. The quantitative estimate of drug-likeness (QED) is 0.642. The van der Waals surface area contributed by atoms with E-state index < -0.39 is 10.1 Å². The summed E-state index contributed by atoms with van der Waals surface area (Å²) in [7, 11) is -2.69. The molecule has 4 nitrogen and oxygen atoms in total. The highest BCUT2D eigenvalue weighted by molar-refractivity contribution is 8.01. The Morgan fingerprint density at radius 2 is 2.42 bits per heavy atom. The molecular formula is C7H8N2O2S. The molecule has 0 saturated carbocycles. The van der Waals surface area contributed by atoms with E-state index in [0.717, 1.165) is 0 Å². The van der Waals surface area contributed by atoms with E-state index in [1.807, 2.05) is 0 Å². The molecule has 0 unspecified atom stereocenters. The van der Waals surface area contributed by atoms with Gasteiger partial charge in [0, 0.05) is 6.20 Å². The van der Waals surface area contributed by atoms with Gasteiger partial charge in [-0.15, -0.1) is 0 Å². The molecule has 2 heterocycles. The Kier molecular flexibility index (Phi) is 1.65. The van der Waals surface area contributed by atoms with Crippen LogP contribution in [0.25, 0.3) is 0 Å². The summed E-state index contributed by atoms with van der Waals surface area (Å²) < 4.78 is 20.4. The molecular weight excluding hydrogens is 176 g/mol. The maximum Gasteiger partial charge on any atom is 0.183 e. The number of nitrogens with zero attached hydrogens (tertiary/aromatic N) is 2. The van der Waals surface area contributed by atoms with Crippen LogP contribution in [-0.4, -0.2) is 21.5 Å². The van der Waals surface area contributed by atoms with E-state index in [4.69, 9.17) is 4.74 Å². The molecule has 2 rings (SSSR count). The van der Waals surface area contributed by atoms with Crippen LogP contribution >= 0.6 is 0 Å². The van der Waals surface area contributed by atoms with E-state index in [1.54, 1.807) is 24.4 Å². The van der Waals surface area contributed by atoms with Crippen molar-refractivity contribution >= 4 is 16.5 Å². The third-order valence-electron chi connectivity index (χ3n) is 1.56. The van der Waals surface area contributed by atoms with Crippen LogP contribution in [-0.2, 0) is 14.9 Å². The SMILES string of the molecule is O=[SH]1(c2ccccn2)COC=N1. The van der Waals surface area contributed by atoms with E-state index in [0.29, 0.717) is 5.03 Å². The first-order chi connectivity index (χ1) is 5.81. The Bertz CT molecular complexity index is 350. The standard InChI is InChI=1S/C7H8N2O2S/c10-12(6-11-5-9-12)7-3-1-2-4-8-7/h1-5,12H,6H2. The smallest absolute Gasteiger partial charge is 0.183 e. The second-order valence-electron chi connectivity index (χ2n) is 2.41. The summed E-state index contributed by atoms with van der Waals surface area (Å²) in [5.74, 6) is 0.143. The molecule has 0 amide bonds. The molecule has 0 atom stereocenters. The molecule has 0 N–H and O–H groups in total. The van der Waals surface area contributed by atoms with Crippen molar-refractivity contribution in [2.45, 2.75) is 5.03 Å². The molecule has 1 aliphatic heterocycles. The molecule has 0 fully saturated rings. The lowest BCUT2D eigenvalue weighted by atomic mass is 10.5. The Balaban J connectivity index is 2.43. The van der Waals surface area contributed by atoms with Gasteiger partial charge in [-0.05, 0) is 12.1 Å². The van der Waals surface area contributed by atoms with Crippen LogP contribution < -0.4 is 0 Å². The number of hydrogen-bond acceptors (Lipinski definition) is 3. The summed E-state index contributed by atoms with van der Waals surface area (Å²) >= 11 is 0. The van der Waals surface area contributed by atoms with Gasteiger partial charge in [0.05, 0.1) is 10.1 Å². The van der Waals surface area contributed by atoms with Gasteiger partial charge in [0.15, 0.2) is 12.3 Å². The van der Waals surface area contributed by atoms with Gasteiger partial charge in [-0.3, -0.25) is 4.21 Å². The molecule has 0 bridgehead atoms. The molecule has 0 radical (unpaired) electrons. The minimum Gasteiger partial charge on any atom is -0.469 e. The molecule has 1 aromatic rings. The van der Waals surface area contributed by atoms with Crippen LogP contribution in [0.15, 0.2) is 33.8 Å². The Labute approximate surface area is 70.9 Å².